The van der Waals surface area contributed by atoms with Gasteiger partial charge in [0.15, 0.2) is 11.6 Å². The van der Waals surface area contributed by atoms with Gasteiger partial charge in [0.25, 0.3) is 0 Å². The SMILES string of the molecule is CO.COC(=O)c1ccc(C(=O)OC)cc1.O=C(OCCO)c1ccc(C(=O)OCCO)cc1.O=C(OCCO)c1ccc(C(=O)OCCO)cc1.OCCO.OCCO.OCCO.c1ccc(N2CCN(c3ccccc3)C2=C2N(c3ccccc3)CCN2c2ccccc2)cc1. The number of carbonyl (C=O) groups excluding carboxylic acids is 6. The summed E-state index contributed by atoms with van der Waals surface area (Å²) in [4.78, 5) is 77.4. The zero-order chi connectivity index (χ0) is 72.3. The highest BCUT2D eigenvalue weighted by Gasteiger charge is 2.38. The van der Waals surface area contributed by atoms with Gasteiger partial charge in [0.1, 0.15) is 26.4 Å². The fourth-order valence-corrected chi connectivity index (χ4v) is 8.38. The first-order valence-electron chi connectivity index (χ1n) is 30.4. The average Bonchev–Trinajstić information content (AvgIpc) is 1.59. The molecule has 530 valence electrons. The summed E-state index contributed by atoms with van der Waals surface area (Å²) in [6, 6.07) is 60.5. The van der Waals surface area contributed by atoms with Crippen molar-refractivity contribution in [3.63, 3.8) is 0 Å². The van der Waals surface area contributed by atoms with E-state index in [1.165, 1.54) is 121 Å². The maximum atomic E-state index is 11.4. The second-order valence-corrected chi connectivity index (χ2v) is 19.1. The molecule has 11 N–H and O–H groups in total. The zero-order valence-corrected chi connectivity index (χ0v) is 54.8. The Labute approximate surface area is 568 Å². The fourth-order valence-electron chi connectivity index (χ4n) is 8.38. The molecule has 0 atom stereocenters. The van der Waals surface area contributed by atoms with Gasteiger partial charge in [0, 0.05) is 56.0 Å². The monoisotopic (exact) mass is 1360 g/mol. The first-order valence-corrected chi connectivity index (χ1v) is 30.4. The number of carbonyl (C=O) groups is 6. The lowest BCUT2D eigenvalue weighted by Crippen LogP contribution is -2.34. The quantitative estimate of drug-likeness (QED) is 0.0359. The molecule has 27 nitrogen and oxygen atoms in total. The van der Waals surface area contributed by atoms with Gasteiger partial charge in [0.2, 0.25) is 0 Å². The molecule has 2 fully saturated rings. The van der Waals surface area contributed by atoms with Crippen LogP contribution in [0.2, 0.25) is 0 Å². The van der Waals surface area contributed by atoms with E-state index >= 15 is 0 Å². The molecule has 0 spiro atoms. The minimum Gasteiger partial charge on any atom is -0.465 e. The molecule has 98 heavy (non-hydrogen) atoms. The summed E-state index contributed by atoms with van der Waals surface area (Å²) in [6.45, 7) is 1.75. The van der Waals surface area contributed by atoms with Gasteiger partial charge in [-0.15, -0.1) is 0 Å². The van der Waals surface area contributed by atoms with E-state index in [9.17, 15) is 28.8 Å². The molecule has 0 aliphatic carbocycles. The average molecular weight is 1370 g/mol. The number of anilines is 4. The summed E-state index contributed by atoms with van der Waals surface area (Å²) in [6.07, 6.45) is 0. The summed E-state index contributed by atoms with van der Waals surface area (Å²) >= 11 is 0. The third kappa shape index (κ3) is 29.5. The van der Waals surface area contributed by atoms with Gasteiger partial charge >= 0.3 is 35.8 Å². The van der Waals surface area contributed by atoms with Gasteiger partial charge in [0.05, 0.1) is 114 Å². The third-order valence-corrected chi connectivity index (χ3v) is 12.6. The predicted molar refractivity (Wildman–Crippen MR) is 364 cm³/mol. The summed E-state index contributed by atoms with van der Waals surface area (Å²) < 4.78 is 27.8. The molecule has 9 rings (SSSR count). The molecule has 7 aromatic rings. The molecule has 7 aromatic carbocycles. The lowest BCUT2D eigenvalue weighted by Gasteiger charge is -2.33. The fraction of sp³-hybridized carbons (Fsp3) is 0.296. The van der Waals surface area contributed by atoms with Crippen molar-refractivity contribution in [1.29, 1.82) is 0 Å². The van der Waals surface area contributed by atoms with Crippen molar-refractivity contribution in [3.8, 4) is 0 Å². The third-order valence-electron chi connectivity index (χ3n) is 12.6. The minimum atomic E-state index is -0.570. The normalized spacial score (nSPS) is 11.5. The molecule has 2 heterocycles. The molecule has 0 radical (unpaired) electrons. The number of para-hydroxylation sites is 4. The molecule has 0 amide bonds. The smallest absolute Gasteiger partial charge is 0.338 e. The Hall–Kier alpha value is -10.1. The number of nitrogens with zero attached hydrogens (tertiary/aromatic N) is 4. The molecule has 0 saturated carbocycles. The second kappa shape index (κ2) is 51.2. The Bertz CT molecular complexity index is 2930. The molecule has 0 aromatic heterocycles. The van der Waals surface area contributed by atoms with Crippen LogP contribution in [0.1, 0.15) is 62.1 Å². The van der Waals surface area contributed by atoms with Crippen molar-refractivity contribution < 1.29 is 113 Å². The summed E-state index contributed by atoms with van der Waals surface area (Å²) in [5.41, 5.74) is 6.80. The lowest BCUT2D eigenvalue weighted by atomic mass is 10.1. The second-order valence-electron chi connectivity index (χ2n) is 19.1. The summed E-state index contributed by atoms with van der Waals surface area (Å²) in [7, 11) is 3.60. The number of aliphatic hydroxyl groups is 11. The van der Waals surface area contributed by atoms with Crippen LogP contribution in [-0.4, -0.2) is 232 Å². The Morgan fingerprint density at radius 3 is 0.571 bits per heavy atom. The Morgan fingerprint density at radius 1 is 0.265 bits per heavy atom. The van der Waals surface area contributed by atoms with Crippen molar-refractivity contribution >= 4 is 58.6 Å². The largest absolute Gasteiger partial charge is 0.465 e. The van der Waals surface area contributed by atoms with Gasteiger partial charge in [-0.3, -0.25) is 0 Å². The van der Waals surface area contributed by atoms with Crippen LogP contribution < -0.4 is 19.6 Å². The van der Waals surface area contributed by atoms with E-state index in [4.69, 9.17) is 75.1 Å². The number of hydrogen-bond donors (Lipinski definition) is 11. The Balaban J connectivity index is 0.000000440. The van der Waals surface area contributed by atoms with E-state index in [1.807, 2.05) is 0 Å². The zero-order valence-electron chi connectivity index (χ0n) is 54.8. The highest BCUT2D eigenvalue weighted by molar-refractivity contribution is 5.95. The maximum absolute atomic E-state index is 11.4. The topological polar surface area (TPSA) is 393 Å². The predicted octanol–water partition coefficient (Wildman–Crippen LogP) is 3.92. The number of hydrogen-bond acceptors (Lipinski definition) is 27. The van der Waals surface area contributed by atoms with Gasteiger partial charge in [-0.1, -0.05) is 72.8 Å². The number of ether oxygens (including phenoxy) is 6. The van der Waals surface area contributed by atoms with Gasteiger partial charge in [-0.25, -0.2) is 28.8 Å². The van der Waals surface area contributed by atoms with Crippen LogP contribution in [-0.2, 0) is 28.4 Å². The number of methoxy groups -OCH3 is 2. The van der Waals surface area contributed by atoms with Crippen molar-refractivity contribution in [2.75, 3.05) is 160 Å². The van der Waals surface area contributed by atoms with Crippen LogP contribution >= 0.6 is 0 Å². The molecule has 0 unspecified atom stereocenters. The van der Waals surface area contributed by atoms with Crippen LogP contribution in [0.25, 0.3) is 0 Å². The number of benzene rings is 7. The Morgan fingerprint density at radius 2 is 0.429 bits per heavy atom. The molecule has 2 saturated heterocycles. The van der Waals surface area contributed by atoms with E-state index in [0.29, 0.717) is 11.1 Å². The van der Waals surface area contributed by atoms with Crippen molar-refractivity contribution in [1.82, 2.24) is 0 Å². The van der Waals surface area contributed by atoms with Gasteiger partial charge in [-0.2, -0.15) is 0 Å². The van der Waals surface area contributed by atoms with E-state index in [2.05, 4.69) is 150 Å². The number of rotatable bonds is 21. The highest BCUT2D eigenvalue weighted by Crippen LogP contribution is 2.39. The number of aliphatic hydroxyl groups excluding tert-OH is 11. The first-order chi connectivity index (χ1) is 47.7. The lowest BCUT2D eigenvalue weighted by molar-refractivity contribution is 0.0422. The van der Waals surface area contributed by atoms with Crippen molar-refractivity contribution in [3.05, 3.63) is 239 Å². The maximum Gasteiger partial charge on any atom is 0.338 e. The molecule has 2 aliphatic rings. The van der Waals surface area contributed by atoms with Crippen LogP contribution in [0.3, 0.4) is 0 Å². The van der Waals surface area contributed by atoms with E-state index in [1.54, 1.807) is 0 Å². The standard InChI is InChI=1S/C30H28N4.2C12H14O6.C10H10O4.3C2H6O2.CH4O/c1-5-13-25(14-6-1)31-21-22-32(26-15-7-2-8-16-26)29(31)30-33(27-17-9-3-10-18-27)23-24-34(30)28-19-11-4-12-20-28;2*13-5-7-17-11(15)9-1-2-10(4-3-9)12(16)18-8-6-14;1-13-9(11)7-3-5-8(6-4-7)10(12)14-2;3*3-1-2-4;1-2/h1-20H,21-24H2;2*1-4,13-14H,5-8H2;3-6H,1-2H3;3*3-4H,1-2H2;2H,1H3. The van der Waals surface area contributed by atoms with E-state index in [-0.39, 0.29) is 115 Å². The van der Waals surface area contributed by atoms with Crippen LogP contribution in [0.4, 0.5) is 22.7 Å². The first kappa shape index (κ1) is 83.9. The molecule has 2 aliphatic heterocycles. The van der Waals surface area contributed by atoms with Crippen LogP contribution in [0.15, 0.2) is 206 Å². The Kier molecular flexibility index (Phi) is 43.8. The van der Waals surface area contributed by atoms with Crippen molar-refractivity contribution in [2.24, 2.45) is 0 Å². The highest BCUT2D eigenvalue weighted by atomic mass is 16.6. The molecular formula is C71H88N4O23. The van der Waals surface area contributed by atoms with Crippen LogP contribution in [0.5, 0.6) is 0 Å². The minimum absolute atomic E-state index is 0.0703. The van der Waals surface area contributed by atoms with E-state index in [0.717, 1.165) is 33.3 Å². The van der Waals surface area contributed by atoms with Gasteiger partial charge in [-0.05, 0) is 121 Å². The van der Waals surface area contributed by atoms with Gasteiger partial charge < -0.3 is 104 Å². The summed E-state index contributed by atoms with van der Waals surface area (Å²) in [5.74, 6) is -0.689. The number of esters is 6. The van der Waals surface area contributed by atoms with E-state index < -0.39 is 35.8 Å². The summed E-state index contributed by atoms with van der Waals surface area (Å²) in [5, 5.41) is 86.8. The molecule has 27 heteroatoms. The molecule has 0 bridgehead atoms. The van der Waals surface area contributed by atoms with Crippen LogP contribution in [0, 0.1) is 0 Å². The molecular weight excluding hydrogens is 1280 g/mol. The van der Waals surface area contributed by atoms with Crippen molar-refractivity contribution in [2.45, 2.75) is 0 Å².